The van der Waals surface area contributed by atoms with Gasteiger partial charge in [-0.05, 0) is 6.07 Å². The molecular weight excluding hydrogens is 286 g/mol. The van der Waals surface area contributed by atoms with E-state index in [1.54, 1.807) is 5.32 Å². The van der Waals surface area contributed by atoms with Gasteiger partial charge in [0, 0.05) is 6.07 Å². The lowest BCUT2D eigenvalue weighted by atomic mass is 10.1. The number of halogens is 4. The molecule has 6 nitrogen and oxygen atoms in total. The van der Waals surface area contributed by atoms with Crippen LogP contribution in [0, 0.1) is 27.3 Å². The van der Waals surface area contributed by atoms with Gasteiger partial charge in [0.05, 0.1) is 22.2 Å². The summed E-state index contributed by atoms with van der Waals surface area (Å²) in [5.74, 6) is -2.70. The number of hydrogen-bond acceptors (Lipinski definition) is 4. The molecule has 0 spiro atoms. The van der Waals surface area contributed by atoms with Gasteiger partial charge < -0.3 is 5.32 Å². The maximum Gasteiger partial charge on any atom is 0.416 e. The summed E-state index contributed by atoms with van der Waals surface area (Å²) < 4.78 is 51.1. The van der Waals surface area contributed by atoms with Crippen LogP contribution in [0.15, 0.2) is 12.1 Å². The van der Waals surface area contributed by atoms with E-state index in [0.29, 0.717) is 0 Å². The van der Waals surface area contributed by atoms with Crippen LogP contribution in [0.1, 0.15) is 12.0 Å². The molecule has 0 bridgehead atoms. The highest BCUT2D eigenvalue weighted by molar-refractivity contribution is 5.92. The van der Waals surface area contributed by atoms with E-state index >= 15 is 0 Å². The summed E-state index contributed by atoms with van der Waals surface area (Å²) in [6.07, 6.45) is -5.68. The van der Waals surface area contributed by atoms with Crippen LogP contribution in [-0.2, 0) is 11.0 Å². The SMILES string of the molecule is N#CCC(=O)Nc1cc(C(F)(F)F)cc([N+](=O)[O-])c1F. The molecule has 0 saturated carbocycles. The minimum absolute atomic E-state index is 0.0231. The Bertz CT molecular complexity index is 607. The quantitative estimate of drug-likeness (QED) is 0.526. The summed E-state index contributed by atoms with van der Waals surface area (Å²) >= 11 is 0. The van der Waals surface area contributed by atoms with Gasteiger partial charge in [-0.2, -0.15) is 22.8 Å². The van der Waals surface area contributed by atoms with Gasteiger partial charge in [-0.1, -0.05) is 0 Å². The average Bonchev–Trinajstić information content (AvgIpc) is 2.30. The number of hydrogen-bond donors (Lipinski definition) is 1. The molecule has 10 heteroatoms. The number of nitriles is 1. The lowest BCUT2D eigenvalue weighted by Crippen LogP contribution is -2.14. The Labute approximate surface area is 108 Å². The van der Waals surface area contributed by atoms with Gasteiger partial charge in [0.2, 0.25) is 11.7 Å². The summed E-state index contributed by atoms with van der Waals surface area (Å²) in [7, 11) is 0. The monoisotopic (exact) mass is 291 g/mol. The van der Waals surface area contributed by atoms with Crippen molar-refractivity contribution < 1.29 is 27.3 Å². The van der Waals surface area contributed by atoms with Crippen LogP contribution >= 0.6 is 0 Å². The van der Waals surface area contributed by atoms with Gasteiger partial charge in [-0.3, -0.25) is 14.9 Å². The van der Waals surface area contributed by atoms with Crippen LogP contribution in [-0.4, -0.2) is 10.8 Å². The summed E-state index contributed by atoms with van der Waals surface area (Å²) in [6, 6.07) is 1.64. The van der Waals surface area contributed by atoms with Crippen molar-refractivity contribution in [2.75, 3.05) is 5.32 Å². The zero-order valence-corrected chi connectivity index (χ0v) is 9.49. The van der Waals surface area contributed by atoms with E-state index in [2.05, 4.69) is 0 Å². The first kappa shape index (κ1) is 15.4. The van der Waals surface area contributed by atoms with Crippen LogP contribution in [0.2, 0.25) is 0 Å². The summed E-state index contributed by atoms with van der Waals surface area (Å²) in [6.45, 7) is 0. The molecule has 0 aliphatic carbocycles. The number of nitro groups is 1. The molecule has 1 aromatic carbocycles. The second-order valence-electron chi connectivity index (χ2n) is 3.49. The first-order chi connectivity index (χ1) is 9.16. The van der Waals surface area contributed by atoms with E-state index in [9.17, 15) is 32.5 Å². The Kier molecular flexibility index (Phi) is 4.24. The topological polar surface area (TPSA) is 96.0 Å². The molecule has 0 saturated heterocycles. The van der Waals surface area contributed by atoms with E-state index in [-0.39, 0.29) is 12.1 Å². The molecule has 0 aliphatic rings. The minimum Gasteiger partial charge on any atom is -0.322 e. The third-order valence-electron chi connectivity index (χ3n) is 2.09. The van der Waals surface area contributed by atoms with Crippen LogP contribution in [0.25, 0.3) is 0 Å². The molecule has 1 aromatic rings. The zero-order valence-electron chi connectivity index (χ0n) is 9.49. The second kappa shape index (κ2) is 5.52. The normalized spacial score (nSPS) is 10.8. The van der Waals surface area contributed by atoms with Gasteiger partial charge >= 0.3 is 11.9 Å². The fraction of sp³-hybridized carbons (Fsp3) is 0.200. The van der Waals surface area contributed by atoms with Crippen LogP contribution in [0.3, 0.4) is 0 Å². The number of nitrogens with one attached hydrogen (secondary N) is 1. The van der Waals surface area contributed by atoms with E-state index in [1.807, 2.05) is 0 Å². The number of carbonyl (C=O) groups is 1. The number of nitrogens with zero attached hydrogens (tertiary/aromatic N) is 2. The lowest BCUT2D eigenvalue weighted by molar-refractivity contribution is -0.387. The Hall–Kier alpha value is -2.70. The van der Waals surface area contributed by atoms with Crippen LogP contribution < -0.4 is 5.32 Å². The molecule has 0 fully saturated rings. The number of rotatable bonds is 3. The van der Waals surface area contributed by atoms with E-state index in [4.69, 9.17) is 5.26 Å². The van der Waals surface area contributed by atoms with Crippen molar-refractivity contribution in [3.63, 3.8) is 0 Å². The summed E-state index contributed by atoms with van der Waals surface area (Å²) in [5, 5.41) is 20.4. The van der Waals surface area contributed by atoms with Crippen molar-refractivity contribution in [1.29, 1.82) is 5.26 Å². The highest BCUT2D eigenvalue weighted by Crippen LogP contribution is 2.36. The van der Waals surface area contributed by atoms with Crippen molar-refractivity contribution in [2.24, 2.45) is 0 Å². The number of nitro benzene ring substituents is 1. The Balaban J connectivity index is 3.36. The van der Waals surface area contributed by atoms with E-state index in [1.165, 1.54) is 6.07 Å². The predicted molar refractivity (Wildman–Crippen MR) is 56.9 cm³/mol. The highest BCUT2D eigenvalue weighted by atomic mass is 19.4. The molecule has 0 heterocycles. The maximum absolute atomic E-state index is 13.6. The molecule has 1 N–H and O–H groups in total. The molecule has 0 aliphatic heterocycles. The molecule has 20 heavy (non-hydrogen) atoms. The van der Waals surface area contributed by atoms with Crippen molar-refractivity contribution >= 4 is 17.3 Å². The van der Waals surface area contributed by atoms with Crippen molar-refractivity contribution in [3.8, 4) is 6.07 Å². The lowest BCUT2D eigenvalue weighted by Gasteiger charge is -2.10. The molecule has 0 atom stereocenters. The largest absolute Gasteiger partial charge is 0.416 e. The molecule has 1 amide bonds. The number of amides is 1. The van der Waals surface area contributed by atoms with Gasteiger partial charge in [0.25, 0.3) is 0 Å². The first-order valence-electron chi connectivity index (χ1n) is 4.88. The zero-order chi connectivity index (χ0) is 15.5. The van der Waals surface area contributed by atoms with Crippen molar-refractivity contribution in [1.82, 2.24) is 0 Å². The molecule has 1 rings (SSSR count). The van der Waals surface area contributed by atoms with Crippen LogP contribution in [0.4, 0.5) is 28.9 Å². The number of benzene rings is 1. The molecule has 0 aromatic heterocycles. The number of anilines is 1. The van der Waals surface area contributed by atoms with E-state index in [0.717, 1.165) is 0 Å². The molecular formula is C10H5F4N3O3. The van der Waals surface area contributed by atoms with Gasteiger partial charge in [0.1, 0.15) is 6.42 Å². The molecule has 0 radical (unpaired) electrons. The van der Waals surface area contributed by atoms with E-state index < -0.39 is 46.2 Å². The third-order valence-corrected chi connectivity index (χ3v) is 2.09. The van der Waals surface area contributed by atoms with Gasteiger partial charge in [0.15, 0.2) is 0 Å². The fourth-order valence-electron chi connectivity index (χ4n) is 1.26. The van der Waals surface area contributed by atoms with Crippen molar-refractivity contribution in [2.45, 2.75) is 12.6 Å². The van der Waals surface area contributed by atoms with Gasteiger partial charge in [-0.15, -0.1) is 0 Å². The summed E-state index contributed by atoms with van der Waals surface area (Å²) in [5.41, 5.74) is -3.92. The second-order valence-corrected chi connectivity index (χ2v) is 3.49. The van der Waals surface area contributed by atoms with Crippen LogP contribution in [0.5, 0.6) is 0 Å². The number of alkyl halides is 3. The molecule has 106 valence electrons. The Morgan fingerprint density at radius 3 is 2.50 bits per heavy atom. The number of carbonyl (C=O) groups excluding carboxylic acids is 1. The minimum atomic E-state index is -4.95. The van der Waals surface area contributed by atoms with Crippen molar-refractivity contribution in [3.05, 3.63) is 33.6 Å². The Morgan fingerprint density at radius 2 is 2.05 bits per heavy atom. The van der Waals surface area contributed by atoms with Gasteiger partial charge in [-0.25, -0.2) is 0 Å². The summed E-state index contributed by atoms with van der Waals surface area (Å²) in [4.78, 5) is 20.2. The highest BCUT2D eigenvalue weighted by Gasteiger charge is 2.35. The molecule has 0 unspecified atom stereocenters. The average molecular weight is 291 g/mol. The first-order valence-corrected chi connectivity index (χ1v) is 4.88. The maximum atomic E-state index is 13.6. The third kappa shape index (κ3) is 3.41. The predicted octanol–water partition coefficient (Wildman–Crippen LogP) is 2.60. The Morgan fingerprint density at radius 1 is 1.45 bits per heavy atom. The smallest absolute Gasteiger partial charge is 0.322 e. The fourth-order valence-corrected chi connectivity index (χ4v) is 1.26. The standard InChI is InChI=1S/C10H5F4N3O3/c11-9-6(16-8(18)1-2-15)3-5(10(12,13)14)4-7(9)17(19)20/h3-4H,1H2,(H,16,18).